The molecule has 0 radical (unpaired) electrons. The van der Waals surface area contributed by atoms with Crippen molar-refractivity contribution >= 4 is 5.97 Å². The summed E-state index contributed by atoms with van der Waals surface area (Å²) in [6.07, 6.45) is 0. The van der Waals surface area contributed by atoms with Gasteiger partial charge in [-0.3, -0.25) is 0 Å². The molecule has 112 valence electrons. The van der Waals surface area contributed by atoms with Crippen LogP contribution in [0.3, 0.4) is 0 Å². The lowest BCUT2D eigenvalue weighted by molar-refractivity contribution is 0.0556. The summed E-state index contributed by atoms with van der Waals surface area (Å²) in [4.78, 5) is 11.3. The minimum Gasteiger partial charge on any atom is -0.493 e. The monoisotopic (exact) mass is 294 g/mol. The molecule has 2 aromatic rings. The first-order chi connectivity index (χ1) is 10.2. The molecule has 0 aliphatic carbocycles. The predicted octanol–water partition coefficient (Wildman–Crippen LogP) is 1.55. The van der Waals surface area contributed by atoms with Gasteiger partial charge in [-0.25, -0.2) is 4.79 Å². The molecule has 2 rings (SSSR count). The molecule has 1 aromatic carbocycles. The Morgan fingerprint density at radius 3 is 2.29 bits per heavy atom. The molecule has 21 heavy (non-hydrogen) atoms. The van der Waals surface area contributed by atoms with Crippen molar-refractivity contribution in [2.24, 2.45) is 0 Å². The van der Waals surface area contributed by atoms with Gasteiger partial charge in [-0.05, 0) is 12.1 Å². The maximum atomic E-state index is 11.3. The van der Waals surface area contributed by atoms with Crippen molar-refractivity contribution in [3.63, 3.8) is 0 Å². The molecule has 0 bridgehead atoms. The SMILES string of the molecule is COC(=O)c1nnc(-c2ccc(OC)c(OC)c2OC)o1. The first-order valence-corrected chi connectivity index (χ1v) is 5.87. The van der Waals surface area contributed by atoms with Crippen molar-refractivity contribution in [2.75, 3.05) is 28.4 Å². The Balaban J connectivity index is 2.53. The second-order valence-corrected chi connectivity index (χ2v) is 3.79. The van der Waals surface area contributed by atoms with Gasteiger partial charge in [0, 0.05) is 0 Å². The van der Waals surface area contributed by atoms with E-state index in [1.807, 2.05) is 0 Å². The van der Waals surface area contributed by atoms with E-state index in [1.54, 1.807) is 12.1 Å². The van der Waals surface area contributed by atoms with E-state index in [0.29, 0.717) is 22.8 Å². The quantitative estimate of drug-likeness (QED) is 0.767. The summed E-state index contributed by atoms with van der Waals surface area (Å²) in [5.41, 5.74) is 0.470. The lowest BCUT2D eigenvalue weighted by Crippen LogP contribution is -2.00. The Hall–Kier alpha value is -2.77. The van der Waals surface area contributed by atoms with Crippen LogP contribution in [0.25, 0.3) is 11.5 Å². The molecule has 1 heterocycles. The normalized spacial score (nSPS) is 10.1. The van der Waals surface area contributed by atoms with Crippen LogP contribution in [0.15, 0.2) is 16.5 Å². The molecule has 0 atom stereocenters. The first kappa shape index (κ1) is 14.6. The number of hydrogen-bond acceptors (Lipinski definition) is 8. The van der Waals surface area contributed by atoms with Crippen LogP contribution in [0.5, 0.6) is 17.2 Å². The van der Waals surface area contributed by atoms with Crippen molar-refractivity contribution in [3.8, 4) is 28.7 Å². The Labute approximate surface area is 120 Å². The molecular formula is C13H14N2O6. The summed E-state index contributed by atoms with van der Waals surface area (Å²) >= 11 is 0. The number of nitrogens with zero attached hydrogens (tertiary/aromatic N) is 2. The van der Waals surface area contributed by atoms with Gasteiger partial charge < -0.3 is 23.4 Å². The van der Waals surface area contributed by atoms with Crippen LogP contribution in [0, 0.1) is 0 Å². The van der Waals surface area contributed by atoms with Crippen LogP contribution < -0.4 is 14.2 Å². The van der Waals surface area contributed by atoms with Crippen LogP contribution in [0.1, 0.15) is 10.7 Å². The molecule has 0 amide bonds. The second-order valence-electron chi connectivity index (χ2n) is 3.79. The van der Waals surface area contributed by atoms with E-state index >= 15 is 0 Å². The molecule has 1 aromatic heterocycles. The highest BCUT2D eigenvalue weighted by atomic mass is 16.5. The summed E-state index contributed by atoms with van der Waals surface area (Å²) in [5.74, 6) is 0.378. The van der Waals surface area contributed by atoms with Gasteiger partial charge in [-0.2, -0.15) is 0 Å². The molecule has 8 heteroatoms. The van der Waals surface area contributed by atoms with Gasteiger partial charge in [-0.1, -0.05) is 0 Å². The van der Waals surface area contributed by atoms with Gasteiger partial charge in [0.1, 0.15) is 0 Å². The zero-order chi connectivity index (χ0) is 15.4. The van der Waals surface area contributed by atoms with E-state index in [-0.39, 0.29) is 11.8 Å². The third-order valence-electron chi connectivity index (χ3n) is 2.72. The van der Waals surface area contributed by atoms with E-state index in [0.717, 1.165) is 0 Å². The van der Waals surface area contributed by atoms with E-state index in [1.165, 1.54) is 28.4 Å². The molecule has 0 N–H and O–H groups in total. The van der Waals surface area contributed by atoms with Crippen molar-refractivity contribution < 1.29 is 28.2 Å². The van der Waals surface area contributed by atoms with E-state index in [2.05, 4.69) is 14.9 Å². The number of benzene rings is 1. The number of hydrogen-bond donors (Lipinski definition) is 0. The fraction of sp³-hybridized carbons (Fsp3) is 0.308. The molecule has 0 saturated heterocycles. The largest absolute Gasteiger partial charge is 0.493 e. The number of ether oxygens (including phenoxy) is 4. The van der Waals surface area contributed by atoms with Gasteiger partial charge in [0.25, 0.3) is 5.89 Å². The Morgan fingerprint density at radius 2 is 1.71 bits per heavy atom. The van der Waals surface area contributed by atoms with Crippen molar-refractivity contribution in [3.05, 3.63) is 18.0 Å². The minimum absolute atomic E-state index is 0.105. The highest BCUT2D eigenvalue weighted by Crippen LogP contribution is 2.43. The number of carbonyl (C=O) groups excluding carboxylic acids is 1. The van der Waals surface area contributed by atoms with Gasteiger partial charge in [0.15, 0.2) is 11.5 Å². The number of esters is 1. The summed E-state index contributed by atoms with van der Waals surface area (Å²) in [7, 11) is 5.69. The van der Waals surface area contributed by atoms with Gasteiger partial charge in [0.05, 0.1) is 34.0 Å². The molecule has 0 fully saturated rings. The number of methoxy groups -OCH3 is 4. The van der Waals surface area contributed by atoms with Gasteiger partial charge >= 0.3 is 11.9 Å². The summed E-state index contributed by atoms with van der Waals surface area (Å²) in [5, 5.41) is 7.42. The summed E-state index contributed by atoms with van der Waals surface area (Å²) < 4.78 is 25.5. The molecule has 0 unspecified atom stereocenters. The average molecular weight is 294 g/mol. The number of carbonyl (C=O) groups is 1. The van der Waals surface area contributed by atoms with Gasteiger partial charge in [-0.15, -0.1) is 10.2 Å². The molecule has 0 spiro atoms. The van der Waals surface area contributed by atoms with E-state index in [4.69, 9.17) is 18.6 Å². The maximum absolute atomic E-state index is 11.3. The molecule has 0 aliphatic heterocycles. The standard InChI is InChI=1S/C13H14N2O6/c1-17-8-6-5-7(9(18-2)10(8)19-3)11-14-15-12(21-11)13(16)20-4/h5-6H,1-4H3. The average Bonchev–Trinajstić information content (AvgIpc) is 3.02. The summed E-state index contributed by atoms with van der Waals surface area (Å²) in [6, 6.07) is 3.33. The molecule has 0 saturated carbocycles. The van der Waals surface area contributed by atoms with Crippen molar-refractivity contribution in [2.45, 2.75) is 0 Å². The maximum Gasteiger partial charge on any atom is 0.396 e. The lowest BCUT2D eigenvalue weighted by atomic mass is 10.1. The number of aromatic nitrogens is 2. The topological polar surface area (TPSA) is 92.9 Å². The van der Waals surface area contributed by atoms with Crippen LogP contribution in [-0.2, 0) is 4.74 Å². The van der Waals surface area contributed by atoms with Crippen LogP contribution in [0.4, 0.5) is 0 Å². The highest BCUT2D eigenvalue weighted by molar-refractivity contribution is 5.84. The van der Waals surface area contributed by atoms with Crippen molar-refractivity contribution in [1.29, 1.82) is 0 Å². The van der Waals surface area contributed by atoms with E-state index < -0.39 is 5.97 Å². The van der Waals surface area contributed by atoms with E-state index in [9.17, 15) is 4.79 Å². The van der Waals surface area contributed by atoms with Gasteiger partial charge in [0.2, 0.25) is 5.75 Å². The molecule has 0 aliphatic rings. The fourth-order valence-electron chi connectivity index (χ4n) is 1.77. The second kappa shape index (κ2) is 6.12. The zero-order valence-corrected chi connectivity index (χ0v) is 12.0. The van der Waals surface area contributed by atoms with Crippen LogP contribution in [0.2, 0.25) is 0 Å². The Morgan fingerprint density at radius 1 is 1.00 bits per heavy atom. The van der Waals surface area contributed by atoms with Crippen LogP contribution >= 0.6 is 0 Å². The summed E-state index contributed by atoms with van der Waals surface area (Å²) in [6.45, 7) is 0. The fourth-order valence-corrected chi connectivity index (χ4v) is 1.77. The highest BCUT2D eigenvalue weighted by Gasteiger charge is 2.22. The number of rotatable bonds is 5. The lowest BCUT2D eigenvalue weighted by Gasteiger charge is -2.13. The Kier molecular flexibility index (Phi) is 4.27. The molecular weight excluding hydrogens is 280 g/mol. The third-order valence-corrected chi connectivity index (χ3v) is 2.72. The zero-order valence-electron chi connectivity index (χ0n) is 12.0. The smallest absolute Gasteiger partial charge is 0.396 e. The third kappa shape index (κ3) is 2.60. The minimum atomic E-state index is -0.715. The van der Waals surface area contributed by atoms with Crippen LogP contribution in [-0.4, -0.2) is 44.6 Å². The first-order valence-electron chi connectivity index (χ1n) is 5.87. The molecule has 8 nitrogen and oxygen atoms in total. The Bertz CT molecular complexity index is 652. The predicted molar refractivity (Wildman–Crippen MR) is 70.7 cm³/mol. The van der Waals surface area contributed by atoms with Crippen molar-refractivity contribution in [1.82, 2.24) is 10.2 Å².